The zero-order valence-electron chi connectivity index (χ0n) is 17.9. The van der Waals surface area contributed by atoms with E-state index in [0.29, 0.717) is 24.9 Å². The molecular weight excluding hydrogens is 394 g/mol. The predicted octanol–water partition coefficient (Wildman–Crippen LogP) is 6.03. The zero-order chi connectivity index (χ0) is 21.1. The van der Waals surface area contributed by atoms with Gasteiger partial charge in [-0.25, -0.2) is 4.98 Å². The second-order valence-electron chi connectivity index (χ2n) is 8.80. The SMILES string of the molecule is CC(C)CN(Cc1nc2ccc(Cl)cc2n1C1CCCC1)C(=O)Cc1ccccc1. The molecule has 1 aromatic heterocycles. The van der Waals surface area contributed by atoms with E-state index in [9.17, 15) is 4.79 Å². The lowest BCUT2D eigenvalue weighted by molar-refractivity contribution is -0.131. The average Bonchev–Trinajstić information content (AvgIpc) is 3.35. The summed E-state index contributed by atoms with van der Waals surface area (Å²) in [4.78, 5) is 20.1. The minimum absolute atomic E-state index is 0.151. The number of nitrogens with zero attached hydrogens (tertiary/aromatic N) is 3. The lowest BCUT2D eigenvalue weighted by Gasteiger charge is -2.26. The summed E-state index contributed by atoms with van der Waals surface area (Å²) >= 11 is 6.32. The fraction of sp³-hybridized carbons (Fsp3) is 0.440. The quantitative estimate of drug-likeness (QED) is 0.465. The van der Waals surface area contributed by atoms with Crippen LogP contribution in [0.4, 0.5) is 0 Å². The molecule has 1 amide bonds. The molecule has 0 bridgehead atoms. The molecule has 0 spiro atoms. The van der Waals surface area contributed by atoms with E-state index in [1.807, 2.05) is 53.4 Å². The van der Waals surface area contributed by atoms with E-state index in [1.165, 1.54) is 12.8 Å². The van der Waals surface area contributed by atoms with Gasteiger partial charge < -0.3 is 9.47 Å². The second-order valence-corrected chi connectivity index (χ2v) is 9.24. The van der Waals surface area contributed by atoms with Gasteiger partial charge in [-0.15, -0.1) is 0 Å². The van der Waals surface area contributed by atoms with Crippen molar-refractivity contribution in [1.82, 2.24) is 14.5 Å². The molecule has 2 aromatic carbocycles. The summed E-state index contributed by atoms with van der Waals surface area (Å²) in [6.07, 6.45) is 5.23. The number of aromatic nitrogens is 2. The Labute approximate surface area is 183 Å². The summed E-state index contributed by atoms with van der Waals surface area (Å²) in [5.41, 5.74) is 3.10. The number of carbonyl (C=O) groups is 1. The molecule has 30 heavy (non-hydrogen) atoms. The summed E-state index contributed by atoms with van der Waals surface area (Å²) in [5, 5.41) is 0.729. The van der Waals surface area contributed by atoms with Gasteiger partial charge in [-0.2, -0.15) is 0 Å². The van der Waals surface area contributed by atoms with Crippen molar-refractivity contribution in [3.05, 3.63) is 64.9 Å². The Morgan fingerprint density at radius 2 is 1.90 bits per heavy atom. The van der Waals surface area contributed by atoms with E-state index in [2.05, 4.69) is 18.4 Å². The van der Waals surface area contributed by atoms with Crippen molar-refractivity contribution < 1.29 is 4.79 Å². The van der Waals surface area contributed by atoms with Crippen LogP contribution in [0.2, 0.25) is 5.02 Å². The van der Waals surface area contributed by atoms with Crippen molar-refractivity contribution in [2.24, 2.45) is 5.92 Å². The number of halogens is 1. The van der Waals surface area contributed by atoms with Crippen LogP contribution in [0.5, 0.6) is 0 Å². The van der Waals surface area contributed by atoms with Gasteiger partial charge in [0.2, 0.25) is 5.91 Å². The third kappa shape index (κ3) is 4.70. The van der Waals surface area contributed by atoms with Crippen LogP contribution in [0.3, 0.4) is 0 Å². The van der Waals surface area contributed by atoms with Gasteiger partial charge in [-0.1, -0.05) is 68.6 Å². The Bertz CT molecular complexity index is 1010. The molecule has 1 aliphatic rings. The molecule has 158 valence electrons. The van der Waals surface area contributed by atoms with E-state index in [0.717, 1.165) is 46.8 Å². The highest BCUT2D eigenvalue weighted by atomic mass is 35.5. The monoisotopic (exact) mass is 423 g/mol. The molecule has 1 fully saturated rings. The first kappa shape index (κ1) is 20.9. The maximum Gasteiger partial charge on any atom is 0.227 e. The van der Waals surface area contributed by atoms with Crippen molar-refractivity contribution in [2.75, 3.05) is 6.54 Å². The fourth-order valence-electron chi connectivity index (χ4n) is 4.55. The Morgan fingerprint density at radius 3 is 2.60 bits per heavy atom. The van der Waals surface area contributed by atoms with E-state index in [1.54, 1.807) is 0 Å². The van der Waals surface area contributed by atoms with Crippen LogP contribution < -0.4 is 0 Å². The topological polar surface area (TPSA) is 38.1 Å². The second kappa shape index (κ2) is 9.22. The largest absolute Gasteiger partial charge is 0.335 e. The van der Waals surface area contributed by atoms with Gasteiger partial charge in [0.25, 0.3) is 0 Å². The first-order chi connectivity index (χ1) is 14.5. The molecule has 4 rings (SSSR count). The predicted molar refractivity (Wildman–Crippen MR) is 123 cm³/mol. The molecule has 0 saturated heterocycles. The van der Waals surface area contributed by atoms with E-state index in [-0.39, 0.29) is 5.91 Å². The number of benzene rings is 2. The minimum atomic E-state index is 0.151. The molecular formula is C25H30ClN3O. The third-order valence-electron chi connectivity index (χ3n) is 5.88. The molecule has 1 heterocycles. The van der Waals surface area contributed by atoms with Gasteiger partial charge in [0, 0.05) is 17.6 Å². The van der Waals surface area contributed by atoms with Crippen LogP contribution in [0.15, 0.2) is 48.5 Å². The lowest BCUT2D eigenvalue weighted by Crippen LogP contribution is -2.36. The first-order valence-corrected chi connectivity index (χ1v) is 11.4. The Balaban J connectivity index is 1.66. The number of fused-ring (bicyclic) bond motifs is 1. The van der Waals surface area contributed by atoms with Gasteiger partial charge in [0.05, 0.1) is 24.0 Å². The van der Waals surface area contributed by atoms with Gasteiger partial charge in [-0.05, 0) is 42.5 Å². The molecule has 0 unspecified atom stereocenters. The molecule has 0 aliphatic heterocycles. The van der Waals surface area contributed by atoms with Crippen LogP contribution in [0.25, 0.3) is 11.0 Å². The minimum Gasteiger partial charge on any atom is -0.335 e. The Hall–Kier alpha value is -2.33. The molecule has 4 nitrogen and oxygen atoms in total. The molecule has 0 atom stereocenters. The molecule has 3 aromatic rings. The highest BCUT2D eigenvalue weighted by molar-refractivity contribution is 6.31. The van der Waals surface area contributed by atoms with Crippen LogP contribution in [0, 0.1) is 5.92 Å². The number of rotatable bonds is 7. The van der Waals surface area contributed by atoms with Crippen molar-refractivity contribution in [1.29, 1.82) is 0 Å². The highest BCUT2D eigenvalue weighted by Crippen LogP contribution is 2.35. The van der Waals surface area contributed by atoms with Crippen LogP contribution >= 0.6 is 11.6 Å². The van der Waals surface area contributed by atoms with Gasteiger partial charge in [-0.3, -0.25) is 4.79 Å². The van der Waals surface area contributed by atoms with Crippen LogP contribution in [0.1, 0.15) is 57.0 Å². The van der Waals surface area contributed by atoms with Gasteiger partial charge >= 0.3 is 0 Å². The first-order valence-electron chi connectivity index (χ1n) is 11.0. The standard InChI is InChI=1S/C25H30ClN3O/c1-18(2)16-28(25(30)14-19-8-4-3-5-9-19)17-24-27-22-13-12-20(26)15-23(22)29(24)21-10-6-7-11-21/h3-5,8-9,12-13,15,18,21H,6-7,10-11,14,16-17H2,1-2H3. The summed E-state index contributed by atoms with van der Waals surface area (Å²) < 4.78 is 2.36. The van der Waals surface area contributed by atoms with Gasteiger partial charge in [0.15, 0.2) is 0 Å². The number of amides is 1. The number of imidazole rings is 1. The van der Waals surface area contributed by atoms with Crippen molar-refractivity contribution >= 4 is 28.5 Å². The Kier molecular flexibility index (Phi) is 6.43. The fourth-order valence-corrected chi connectivity index (χ4v) is 4.71. The van der Waals surface area contributed by atoms with E-state index < -0.39 is 0 Å². The normalized spacial score (nSPS) is 14.7. The number of hydrogen-bond acceptors (Lipinski definition) is 2. The summed E-state index contributed by atoms with van der Waals surface area (Å²) in [6.45, 7) is 5.57. The van der Waals surface area contributed by atoms with Crippen LogP contribution in [-0.4, -0.2) is 26.9 Å². The maximum atomic E-state index is 13.2. The highest BCUT2D eigenvalue weighted by Gasteiger charge is 2.25. The van der Waals surface area contributed by atoms with Crippen molar-refractivity contribution in [3.63, 3.8) is 0 Å². The van der Waals surface area contributed by atoms with Gasteiger partial charge in [0.1, 0.15) is 5.82 Å². The molecule has 1 aliphatic carbocycles. The average molecular weight is 424 g/mol. The van der Waals surface area contributed by atoms with Crippen molar-refractivity contribution in [2.45, 2.75) is 58.5 Å². The third-order valence-corrected chi connectivity index (χ3v) is 6.12. The zero-order valence-corrected chi connectivity index (χ0v) is 18.6. The van der Waals surface area contributed by atoms with E-state index in [4.69, 9.17) is 16.6 Å². The molecule has 1 saturated carbocycles. The number of carbonyl (C=O) groups excluding carboxylic acids is 1. The smallest absolute Gasteiger partial charge is 0.227 e. The summed E-state index contributed by atoms with van der Waals surface area (Å²) in [6, 6.07) is 16.3. The van der Waals surface area contributed by atoms with Crippen molar-refractivity contribution in [3.8, 4) is 0 Å². The summed E-state index contributed by atoms with van der Waals surface area (Å²) in [5.74, 6) is 1.52. The summed E-state index contributed by atoms with van der Waals surface area (Å²) in [7, 11) is 0. The number of hydrogen-bond donors (Lipinski definition) is 0. The Morgan fingerprint density at radius 1 is 1.17 bits per heavy atom. The van der Waals surface area contributed by atoms with E-state index >= 15 is 0 Å². The molecule has 5 heteroatoms. The molecule has 0 N–H and O–H groups in total. The molecule has 0 radical (unpaired) electrons. The maximum absolute atomic E-state index is 13.2. The van der Waals surface area contributed by atoms with Crippen LogP contribution in [-0.2, 0) is 17.8 Å². The lowest BCUT2D eigenvalue weighted by atomic mass is 10.1.